The highest BCUT2D eigenvalue weighted by atomic mass is 79.9. The van der Waals surface area contributed by atoms with Gasteiger partial charge in [-0.05, 0) is 46.5 Å². The number of alkyl halides is 3. The van der Waals surface area contributed by atoms with Crippen molar-refractivity contribution in [1.82, 2.24) is 9.97 Å². The van der Waals surface area contributed by atoms with Gasteiger partial charge in [-0.1, -0.05) is 6.07 Å². The highest BCUT2D eigenvalue weighted by Crippen LogP contribution is 2.36. The number of halogens is 4. The number of nitrogens with two attached hydrogens (primary N) is 1. The van der Waals surface area contributed by atoms with Gasteiger partial charge in [0, 0.05) is 17.8 Å². The third-order valence-electron chi connectivity index (χ3n) is 3.19. The first-order valence-electron chi connectivity index (χ1n) is 6.76. The first kappa shape index (κ1) is 15.9. The van der Waals surface area contributed by atoms with Crippen LogP contribution >= 0.6 is 15.9 Å². The zero-order chi connectivity index (χ0) is 16.6. The summed E-state index contributed by atoms with van der Waals surface area (Å²) in [6.07, 6.45) is -1.11. The molecule has 1 aromatic carbocycles. The van der Waals surface area contributed by atoms with Gasteiger partial charge in [-0.2, -0.15) is 4.98 Å². The topological polar surface area (TPSA) is 73.1 Å². The fourth-order valence-corrected chi connectivity index (χ4v) is 2.47. The molecular formula is C14H12BrF3N4O. The normalized spacial score (nSPS) is 14.6. The highest BCUT2D eigenvalue weighted by Gasteiger charge is 2.32. The third kappa shape index (κ3) is 4.04. The molecule has 1 heterocycles. The summed E-state index contributed by atoms with van der Waals surface area (Å²) < 4.78 is 41.1. The van der Waals surface area contributed by atoms with Crippen molar-refractivity contribution in [2.24, 2.45) is 0 Å². The molecule has 1 saturated carbocycles. The van der Waals surface area contributed by atoms with Crippen molar-refractivity contribution >= 4 is 27.7 Å². The van der Waals surface area contributed by atoms with Crippen LogP contribution in [-0.4, -0.2) is 22.4 Å². The van der Waals surface area contributed by atoms with Crippen molar-refractivity contribution < 1.29 is 17.9 Å². The summed E-state index contributed by atoms with van der Waals surface area (Å²) in [5.74, 6) is 0.388. The molecule has 0 unspecified atom stereocenters. The molecule has 3 N–H and O–H groups in total. The lowest BCUT2D eigenvalue weighted by molar-refractivity contribution is -0.274. The molecule has 0 atom stereocenters. The molecule has 1 aliphatic carbocycles. The van der Waals surface area contributed by atoms with E-state index in [1.54, 1.807) is 6.20 Å². The van der Waals surface area contributed by atoms with Gasteiger partial charge in [-0.25, -0.2) is 4.98 Å². The van der Waals surface area contributed by atoms with Crippen molar-refractivity contribution in [1.29, 1.82) is 0 Å². The quantitative estimate of drug-likeness (QED) is 0.828. The second-order valence-corrected chi connectivity index (χ2v) is 5.96. The van der Waals surface area contributed by atoms with Gasteiger partial charge in [0.1, 0.15) is 11.6 Å². The molecule has 2 aromatic rings. The van der Waals surface area contributed by atoms with E-state index < -0.39 is 6.36 Å². The van der Waals surface area contributed by atoms with Gasteiger partial charge in [0.05, 0.1) is 4.47 Å². The van der Waals surface area contributed by atoms with Crippen LogP contribution in [0, 0.1) is 0 Å². The van der Waals surface area contributed by atoms with Crippen LogP contribution in [0.5, 0.6) is 5.75 Å². The van der Waals surface area contributed by atoms with Crippen LogP contribution in [-0.2, 0) is 0 Å². The fourth-order valence-electron chi connectivity index (χ4n) is 2.01. The Balaban J connectivity index is 1.94. The van der Waals surface area contributed by atoms with Crippen LogP contribution in [0.15, 0.2) is 28.9 Å². The number of nitrogens with one attached hydrogen (secondary N) is 1. The van der Waals surface area contributed by atoms with Gasteiger partial charge >= 0.3 is 6.36 Å². The lowest BCUT2D eigenvalue weighted by Crippen LogP contribution is -2.17. The molecule has 0 spiro atoms. The lowest BCUT2D eigenvalue weighted by atomic mass is 10.1. The predicted octanol–water partition coefficient (Wildman–Crippen LogP) is 3.96. The Morgan fingerprint density at radius 2 is 2.04 bits per heavy atom. The van der Waals surface area contributed by atoms with Crippen LogP contribution < -0.4 is 15.8 Å². The summed E-state index contributed by atoms with van der Waals surface area (Å²) >= 11 is 3.09. The zero-order valence-corrected chi connectivity index (χ0v) is 13.3. The van der Waals surface area contributed by atoms with E-state index in [1.165, 1.54) is 18.2 Å². The number of hydrogen-bond acceptors (Lipinski definition) is 5. The minimum atomic E-state index is -4.74. The molecule has 1 aliphatic rings. The van der Waals surface area contributed by atoms with Gasteiger partial charge in [-0.3, -0.25) is 0 Å². The number of anilines is 2. The Hall–Kier alpha value is -2.03. The zero-order valence-electron chi connectivity index (χ0n) is 11.7. The molecule has 0 bridgehead atoms. The number of hydrogen-bond donors (Lipinski definition) is 2. The smallest absolute Gasteiger partial charge is 0.405 e. The molecule has 9 heteroatoms. The first-order chi connectivity index (χ1) is 10.8. The van der Waals surface area contributed by atoms with E-state index in [0.717, 1.165) is 12.8 Å². The minimum Gasteiger partial charge on any atom is -0.405 e. The summed E-state index contributed by atoms with van der Waals surface area (Å²) in [5, 5.41) is 3.24. The van der Waals surface area contributed by atoms with E-state index in [1.807, 2.05) is 0 Å². The molecule has 3 rings (SSSR count). The molecule has 0 amide bonds. The molecule has 5 nitrogen and oxygen atoms in total. The Labute approximate surface area is 138 Å². The SMILES string of the molecule is Nc1ncc(-c2ccc(OC(F)(F)F)c(Br)c2)c(NC2CC2)n1. The number of rotatable bonds is 4. The van der Waals surface area contributed by atoms with Crippen LogP contribution in [0.4, 0.5) is 24.9 Å². The van der Waals surface area contributed by atoms with Crippen LogP contribution in [0.2, 0.25) is 0 Å². The van der Waals surface area contributed by atoms with Crippen molar-refractivity contribution in [3.63, 3.8) is 0 Å². The van der Waals surface area contributed by atoms with E-state index in [0.29, 0.717) is 23.0 Å². The van der Waals surface area contributed by atoms with Crippen LogP contribution in [0.3, 0.4) is 0 Å². The van der Waals surface area contributed by atoms with Gasteiger partial charge < -0.3 is 15.8 Å². The van der Waals surface area contributed by atoms with E-state index in [2.05, 4.69) is 36.0 Å². The fraction of sp³-hybridized carbons (Fsp3) is 0.286. The Morgan fingerprint density at radius 1 is 1.30 bits per heavy atom. The molecule has 23 heavy (non-hydrogen) atoms. The van der Waals surface area contributed by atoms with Crippen molar-refractivity contribution in [2.75, 3.05) is 11.1 Å². The monoisotopic (exact) mass is 388 g/mol. The average Bonchev–Trinajstić information content (AvgIpc) is 3.24. The average molecular weight is 389 g/mol. The van der Waals surface area contributed by atoms with E-state index in [9.17, 15) is 13.2 Å². The number of ether oxygens (including phenoxy) is 1. The maximum atomic E-state index is 12.3. The molecular weight excluding hydrogens is 377 g/mol. The van der Waals surface area contributed by atoms with Gasteiger partial charge in [0.2, 0.25) is 5.95 Å². The molecule has 122 valence electrons. The Morgan fingerprint density at radius 3 is 2.65 bits per heavy atom. The van der Waals surface area contributed by atoms with Crippen molar-refractivity contribution in [2.45, 2.75) is 25.2 Å². The minimum absolute atomic E-state index is 0.132. The highest BCUT2D eigenvalue weighted by molar-refractivity contribution is 9.10. The summed E-state index contributed by atoms with van der Waals surface area (Å²) in [6, 6.07) is 4.62. The van der Waals surface area contributed by atoms with Crippen LogP contribution in [0.25, 0.3) is 11.1 Å². The summed E-state index contributed by atoms with van der Waals surface area (Å²) in [4.78, 5) is 8.13. The van der Waals surface area contributed by atoms with E-state index >= 15 is 0 Å². The maximum Gasteiger partial charge on any atom is 0.573 e. The largest absolute Gasteiger partial charge is 0.573 e. The molecule has 1 fully saturated rings. The van der Waals surface area contributed by atoms with Crippen LogP contribution in [0.1, 0.15) is 12.8 Å². The second-order valence-electron chi connectivity index (χ2n) is 5.10. The number of nitrogen functional groups attached to an aromatic ring is 1. The van der Waals surface area contributed by atoms with Crippen molar-refractivity contribution in [3.05, 3.63) is 28.9 Å². The molecule has 1 aromatic heterocycles. The third-order valence-corrected chi connectivity index (χ3v) is 3.81. The van der Waals surface area contributed by atoms with Gasteiger partial charge in [-0.15, -0.1) is 13.2 Å². The number of aromatic nitrogens is 2. The molecule has 0 aliphatic heterocycles. The van der Waals surface area contributed by atoms with Gasteiger partial charge in [0.15, 0.2) is 0 Å². The summed E-state index contributed by atoms with van der Waals surface area (Å²) in [7, 11) is 0. The summed E-state index contributed by atoms with van der Waals surface area (Å²) in [6.45, 7) is 0. The van der Waals surface area contributed by atoms with E-state index in [-0.39, 0.29) is 16.2 Å². The Bertz CT molecular complexity index is 734. The first-order valence-corrected chi connectivity index (χ1v) is 7.56. The molecule has 0 radical (unpaired) electrons. The molecule has 0 saturated heterocycles. The van der Waals surface area contributed by atoms with Crippen molar-refractivity contribution in [3.8, 4) is 16.9 Å². The summed E-state index contributed by atoms with van der Waals surface area (Å²) in [5.41, 5.74) is 6.91. The standard InChI is InChI=1S/C14H12BrF3N4O/c15-10-5-7(1-4-11(10)23-14(16,17)18)9-6-20-13(19)22-12(9)21-8-2-3-8/h1,4-6,8H,2-3H2,(H3,19,20,21,22). The van der Waals surface area contributed by atoms with E-state index in [4.69, 9.17) is 5.73 Å². The van der Waals surface area contributed by atoms with Gasteiger partial charge in [0.25, 0.3) is 0 Å². The maximum absolute atomic E-state index is 12.3. The lowest BCUT2D eigenvalue weighted by Gasteiger charge is -2.14. The predicted molar refractivity (Wildman–Crippen MR) is 82.9 cm³/mol. The number of benzene rings is 1. The second kappa shape index (κ2) is 5.88. The number of nitrogens with zero attached hydrogens (tertiary/aromatic N) is 2. The Kier molecular flexibility index (Phi) is 4.05.